The van der Waals surface area contributed by atoms with Crippen LogP contribution in [0.15, 0.2) is 64.9 Å². The van der Waals surface area contributed by atoms with E-state index in [0.717, 1.165) is 8.95 Å². The Hall–Kier alpha value is 0.450. The van der Waals surface area contributed by atoms with Crippen LogP contribution in [0.3, 0.4) is 0 Å². The van der Waals surface area contributed by atoms with Crippen LogP contribution in [0.2, 0.25) is 0 Å². The van der Waals surface area contributed by atoms with Gasteiger partial charge >= 0.3 is 0 Å². The lowest BCUT2D eigenvalue weighted by Crippen LogP contribution is -1.80. The molecule has 0 spiro atoms. The maximum absolute atomic E-state index is 3.64. The molecule has 0 nitrogen and oxygen atoms in total. The molecule has 0 saturated carbocycles. The summed E-state index contributed by atoms with van der Waals surface area (Å²) in [5, 5.41) is 0. The van der Waals surface area contributed by atoms with E-state index in [1.54, 1.807) is 35.3 Å². The highest BCUT2D eigenvalue weighted by molar-refractivity contribution is 9.11. The van der Waals surface area contributed by atoms with E-state index < -0.39 is 0 Å². The van der Waals surface area contributed by atoms with Gasteiger partial charge in [0.1, 0.15) is 0 Å². The average molecular weight is 436 g/mol. The molecule has 0 aromatic heterocycles. The first-order valence-corrected chi connectivity index (χ1v) is 10.3. The maximum atomic E-state index is 3.64. The fraction of sp³-hybridized carbons (Fsp3) is 0.143. The lowest BCUT2D eigenvalue weighted by Gasteiger charge is -2.08. The van der Waals surface area contributed by atoms with Gasteiger partial charge in [0.25, 0.3) is 0 Å². The number of rotatable bonds is 4. The van der Waals surface area contributed by atoms with Crippen LogP contribution in [0.5, 0.6) is 0 Å². The third-order valence-corrected chi connectivity index (χ3v) is 6.94. The minimum absolute atomic E-state index is 1.14. The van der Waals surface area contributed by atoms with Crippen molar-refractivity contribution < 1.29 is 0 Å². The Morgan fingerprint density at radius 3 is 1.47 bits per heavy atom. The molecule has 0 atom stereocenters. The SMILES string of the molecule is CSc1ccc(Sc2ccc(SC)cc2Br)c(Br)c1. The fourth-order valence-corrected chi connectivity index (χ4v) is 4.75. The lowest BCUT2D eigenvalue weighted by atomic mass is 10.4. The van der Waals surface area contributed by atoms with Crippen LogP contribution in [0.1, 0.15) is 0 Å². The highest BCUT2D eigenvalue weighted by Gasteiger charge is 2.07. The molecule has 0 heterocycles. The first-order valence-electron chi connectivity index (χ1n) is 5.49. The van der Waals surface area contributed by atoms with Gasteiger partial charge in [-0.05, 0) is 80.8 Å². The number of halogens is 2. The van der Waals surface area contributed by atoms with Crippen molar-refractivity contribution in [2.45, 2.75) is 19.6 Å². The van der Waals surface area contributed by atoms with Gasteiger partial charge in [0.05, 0.1) is 0 Å². The van der Waals surface area contributed by atoms with E-state index >= 15 is 0 Å². The van der Waals surface area contributed by atoms with Gasteiger partial charge in [0.2, 0.25) is 0 Å². The van der Waals surface area contributed by atoms with Crippen molar-refractivity contribution in [3.63, 3.8) is 0 Å². The molecule has 100 valence electrons. The van der Waals surface area contributed by atoms with Crippen molar-refractivity contribution >= 4 is 67.1 Å². The Labute approximate surface area is 143 Å². The van der Waals surface area contributed by atoms with Crippen molar-refractivity contribution in [2.75, 3.05) is 12.5 Å². The van der Waals surface area contributed by atoms with E-state index in [-0.39, 0.29) is 0 Å². The Kier molecular flexibility index (Phi) is 6.21. The minimum atomic E-state index is 1.14. The molecule has 0 fully saturated rings. The molecule has 0 N–H and O–H groups in total. The van der Waals surface area contributed by atoms with Gasteiger partial charge in [-0.1, -0.05) is 11.8 Å². The Morgan fingerprint density at radius 2 is 1.16 bits per heavy atom. The molecule has 0 saturated heterocycles. The minimum Gasteiger partial charge on any atom is -0.130 e. The zero-order chi connectivity index (χ0) is 13.8. The van der Waals surface area contributed by atoms with E-state index in [9.17, 15) is 0 Å². The summed E-state index contributed by atoms with van der Waals surface area (Å²) in [6.45, 7) is 0. The maximum Gasteiger partial charge on any atom is 0.0325 e. The zero-order valence-corrected chi connectivity index (χ0v) is 16.1. The second kappa shape index (κ2) is 7.46. The normalized spacial score (nSPS) is 10.7. The van der Waals surface area contributed by atoms with Crippen molar-refractivity contribution in [3.05, 3.63) is 45.3 Å². The van der Waals surface area contributed by atoms with Gasteiger partial charge in [-0.25, -0.2) is 0 Å². The van der Waals surface area contributed by atoms with E-state index in [0.29, 0.717) is 0 Å². The van der Waals surface area contributed by atoms with E-state index in [1.165, 1.54) is 19.6 Å². The first kappa shape index (κ1) is 15.8. The molecule has 0 aliphatic rings. The lowest BCUT2D eigenvalue weighted by molar-refractivity contribution is 1.28. The van der Waals surface area contributed by atoms with E-state index in [2.05, 4.69) is 80.8 Å². The molecule has 2 rings (SSSR count). The predicted molar refractivity (Wildman–Crippen MR) is 96.0 cm³/mol. The van der Waals surface area contributed by atoms with Gasteiger partial charge in [0.15, 0.2) is 0 Å². The molecule has 0 unspecified atom stereocenters. The van der Waals surface area contributed by atoms with Crippen molar-refractivity contribution in [1.82, 2.24) is 0 Å². The highest BCUT2D eigenvalue weighted by atomic mass is 79.9. The molecule has 0 aliphatic heterocycles. The molecule has 0 radical (unpaired) electrons. The summed E-state index contributed by atoms with van der Waals surface area (Å²) in [5.41, 5.74) is 0. The summed E-state index contributed by atoms with van der Waals surface area (Å²) >= 11 is 12.6. The van der Waals surface area contributed by atoms with Gasteiger partial charge in [0, 0.05) is 28.5 Å². The number of hydrogen-bond donors (Lipinski definition) is 0. The topological polar surface area (TPSA) is 0 Å². The van der Waals surface area contributed by atoms with Crippen LogP contribution in [0, 0.1) is 0 Å². The largest absolute Gasteiger partial charge is 0.130 e. The fourth-order valence-electron chi connectivity index (χ4n) is 1.50. The monoisotopic (exact) mass is 434 g/mol. The van der Waals surface area contributed by atoms with Crippen molar-refractivity contribution in [3.8, 4) is 0 Å². The van der Waals surface area contributed by atoms with Gasteiger partial charge in [-0.2, -0.15) is 0 Å². The van der Waals surface area contributed by atoms with Crippen molar-refractivity contribution in [2.24, 2.45) is 0 Å². The second-order valence-electron chi connectivity index (χ2n) is 3.69. The summed E-state index contributed by atoms with van der Waals surface area (Å²) in [5.74, 6) is 0. The smallest absolute Gasteiger partial charge is 0.0325 e. The molecule has 2 aromatic rings. The number of hydrogen-bond acceptors (Lipinski definition) is 3. The number of benzene rings is 2. The van der Waals surface area contributed by atoms with Gasteiger partial charge in [-0.15, -0.1) is 23.5 Å². The molecule has 5 heteroatoms. The van der Waals surface area contributed by atoms with E-state index in [1.807, 2.05) is 0 Å². The van der Waals surface area contributed by atoms with Crippen LogP contribution < -0.4 is 0 Å². The summed E-state index contributed by atoms with van der Waals surface area (Å²) in [6, 6.07) is 13.0. The van der Waals surface area contributed by atoms with Crippen molar-refractivity contribution in [1.29, 1.82) is 0 Å². The summed E-state index contributed by atoms with van der Waals surface area (Å²) < 4.78 is 2.29. The quantitative estimate of drug-likeness (QED) is 0.484. The number of thioether (sulfide) groups is 2. The average Bonchev–Trinajstić information content (AvgIpc) is 2.42. The molecular formula is C14H12Br2S3. The van der Waals surface area contributed by atoms with Crippen LogP contribution in [-0.4, -0.2) is 12.5 Å². The second-order valence-corrected chi connectivity index (χ2v) is 8.25. The summed E-state index contributed by atoms with van der Waals surface area (Å²) in [6.07, 6.45) is 4.18. The Balaban J connectivity index is 2.26. The first-order chi connectivity index (χ1) is 9.13. The van der Waals surface area contributed by atoms with Crippen LogP contribution in [0.4, 0.5) is 0 Å². The predicted octanol–water partition coefficient (Wildman–Crippen LogP) is 6.81. The molecular weight excluding hydrogens is 424 g/mol. The van der Waals surface area contributed by atoms with Gasteiger partial charge < -0.3 is 0 Å². The van der Waals surface area contributed by atoms with Crippen LogP contribution in [0.25, 0.3) is 0 Å². The van der Waals surface area contributed by atoms with Gasteiger partial charge in [-0.3, -0.25) is 0 Å². The molecule has 0 amide bonds. The molecule has 2 aromatic carbocycles. The summed E-state index contributed by atoms with van der Waals surface area (Å²) in [4.78, 5) is 5.01. The summed E-state index contributed by atoms with van der Waals surface area (Å²) in [7, 11) is 0. The molecule has 19 heavy (non-hydrogen) atoms. The molecule has 0 aliphatic carbocycles. The highest BCUT2D eigenvalue weighted by Crippen LogP contribution is 2.39. The third kappa shape index (κ3) is 4.21. The van der Waals surface area contributed by atoms with Crippen LogP contribution >= 0.6 is 67.1 Å². The standard InChI is InChI=1S/C14H12Br2S3/c1-17-9-3-5-13(11(15)7-9)19-14-6-4-10(18-2)8-12(14)16/h3-8H,1-2H3. The Bertz CT molecular complexity index is 533. The third-order valence-electron chi connectivity index (χ3n) is 2.50. The van der Waals surface area contributed by atoms with E-state index in [4.69, 9.17) is 0 Å². The Morgan fingerprint density at radius 1 is 0.737 bits per heavy atom. The zero-order valence-electron chi connectivity index (χ0n) is 10.4. The van der Waals surface area contributed by atoms with Crippen LogP contribution in [-0.2, 0) is 0 Å². The molecule has 0 bridgehead atoms.